The maximum Gasteiger partial charge on any atom is 0.416 e. The number of hydrogen-bond donors (Lipinski definition) is 1. The number of rotatable bonds is 2. The molecular formula is C20H17ClF3NO. The maximum absolute atomic E-state index is 13.6. The van der Waals surface area contributed by atoms with Crippen LogP contribution in [0.3, 0.4) is 0 Å². The Hall–Kier alpha value is -2.14. The average molecular weight is 380 g/mol. The minimum atomic E-state index is -4.42. The lowest BCUT2D eigenvalue weighted by atomic mass is 9.75. The molecule has 6 heteroatoms. The van der Waals surface area contributed by atoms with Crippen molar-refractivity contribution in [2.24, 2.45) is 5.92 Å². The second-order valence-corrected chi connectivity index (χ2v) is 7.04. The molecule has 0 spiro atoms. The van der Waals surface area contributed by atoms with Gasteiger partial charge >= 0.3 is 6.18 Å². The quantitative estimate of drug-likeness (QED) is 0.628. The van der Waals surface area contributed by atoms with Gasteiger partial charge in [0.2, 0.25) is 0 Å². The lowest BCUT2D eigenvalue weighted by molar-refractivity contribution is -0.138. The number of halogens is 4. The van der Waals surface area contributed by atoms with E-state index in [0.29, 0.717) is 22.9 Å². The Bertz CT molecular complexity index is 878. The van der Waals surface area contributed by atoms with Crippen LogP contribution in [0.2, 0.25) is 5.02 Å². The number of ether oxygens (including phenoxy) is 1. The highest BCUT2D eigenvalue weighted by molar-refractivity contribution is 6.33. The molecule has 0 radical (unpaired) electrons. The molecule has 4 rings (SSSR count). The summed E-state index contributed by atoms with van der Waals surface area (Å²) in [6, 6.07) is 9.87. The minimum Gasteiger partial charge on any atom is -0.497 e. The van der Waals surface area contributed by atoms with E-state index in [-0.39, 0.29) is 23.4 Å². The predicted octanol–water partition coefficient (Wildman–Crippen LogP) is 6.19. The van der Waals surface area contributed by atoms with Crippen LogP contribution >= 0.6 is 11.6 Å². The second-order valence-electron chi connectivity index (χ2n) is 6.63. The van der Waals surface area contributed by atoms with Gasteiger partial charge < -0.3 is 10.1 Å². The van der Waals surface area contributed by atoms with Gasteiger partial charge in [-0.15, -0.1) is 0 Å². The molecule has 3 atom stereocenters. The predicted molar refractivity (Wildman–Crippen MR) is 95.8 cm³/mol. The van der Waals surface area contributed by atoms with Gasteiger partial charge in [-0.2, -0.15) is 13.2 Å². The van der Waals surface area contributed by atoms with Crippen LogP contribution in [-0.4, -0.2) is 7.11 Å². The number of hydrogen-bond acceptors (Lipinski definition) is 2. The number of alkyl halides is 3. The van der Waals surface area contributed by atoms with Crippen LogP contribution in [-0.2, 0) is 6.18 Å². The van der Waals surface area contributed by atoms with E-state index in [9.17, 15) is 13.2 Å². The first-order chi connectivity index (χ1) is 12.4. The third-order valence-electron chi connectivity index (χ3n) is 5.23. The van der Waals surface area contributed by atoms with Crippen molar-refractivity contribution >= 4 is 17.3 Å². The fraction of sp³-hybridized carbons (Fsp3) is 0.300. The smallest absolute Gasteiger partial charge is 0.416 e. The molecule has 2 nitrogen and oxygen atoms in total. The summed E-state index contributed by atoms with van der Waals surface area (Å²) in [4.78, 5) is 0. The zero-order chi connectivity index (χ0) is 18.5. The van der Waals surface area contributed by atoms with E-state index in [1.165, 1.54) is 6.07 Å². The molecule has 26 heavy (non-hydrogen) atoms. The Balaban J connectivity index is 1.86. The van der Waals surface area contributed by atoms with Crippen LogP contribution in [0.4, 0.5) is 18.9 Å². The van der Waals surface area contributed by atoms with Crippen LogP contribution in [0.1, 0.15) is 35.1 Å². The first kappa shape index (κ1) is 17.3. The van der Waals surface area contributed by atoms with Gasteiger partial charge in [0.05, 0.1) is 29.4 Å². The Morgan fingerprint density at radius 2 is 2.00 bits per heavy atom. The molecule has 0 saturated heterocycles. The molecule has 2 aromatic carbocycles. The molecule has 0 unspecified atom stereocenters. The van der Waals surface area contributed by atoms with Crippen molar-refractivity contribution in [1.82, 2.24) is 0 Å². The maximum atomic E-state index is 13.6. The third kappa shape index (κ3) is 2.75. The van der Waals surface area contributed by atoms with Gasteiger partial charge in [-0.25, -0.2) is 0 Å². The van der Waals surface area contributed by atoms with E-state index in [0.717, 1.165) is 11.6 Å². The van der Waals surface area contributed by atoms with E-state index in [1.807, 2.05) is 36.4 Å². The highest BCUT2D eigenvalue weighted by Gasteiger charge is 2.44. The van der Waals surface area contributed by atoms with Crippen molar-refractivity contribution in [3.63, 3.8) is 0 Å². The Morgan fingerprint density at radius 1 is 1.19 bits per heavy atom. The molecule has 0 amide bonds. The monoisotopic (exact) mass is 379 g/mol. The summed E-state index contributed by atoms with van der Waals surface area (Å²) in [7, 11) is 1.59. The number of nitrogens with one attached hydrogen (secondary N) is 1. The van der Waals surface area contributed by atoms with Crippen LogP contribution in [0.25, 0.3) is 0 Å². The van der Waals surface area contributed by atoms with Gasteiger partial charge in [-0.1, -0.05) is 35.9 Å². The largest absolute Gasteiger partial charge is 0.497 e. The van der Waals surface area contributed by atoms with Gasteiger partial charge in [0, 0.05) is 5.92 Å². The molecule has 0 fully saturated rings. The highest BCUT2D eigenvalue weighted by atomic mass is 35.5. The van der Waals surface area contributed by atoms with Gasteiger partial charge in [0.1, 0.15) is 5.75 Å². The second kappa shape index (κ2) is 6.23. The molecule has 1 aliphatic heterocycles. The van der Waals surface area contributed by atoms with Crippen molar-refractivity contribution in [1.29, 1.82) is 0 Å². The van der Waals surface area contributed by atoms with Crippen molar-refractivity contribution in [2.45, 2.75) is 24.6 Å². The van der Waals surface area contributed by atoms with Crippen LogP contribution in [0.5, 0.6) is 5.75 Å². The van der Waals surface area contributed by atoms with E-state index < -0.39 is 11.7 Å². The number of fused-ring (bicyclic) bond motifs is 3. The Kier molecular flexibility index (Phi) is 4.14. The zero-order valence-corrected chi connectivity index (χ0v) is 14.7. The molecule has 0 bridgehead atoms. The van der Waals surface area contributed by atoms with E-state index in [1.54, 1.807) is 7.11 Å². The normalized spacial score (nSPS) is 24.0. The van der Waals surface area contributed by atoms with Crippen molar-refractivity contribution in [3.05, 3.63) is 70.3 Å². The van der Waals surface area contributed by atoms with Crippen LogP contribution in [0, 0.1) is 5.92 Å². The SMILES string of the molecule is COc1cccc([C@@H]2Nc3c(Cl)ccc(C(F)(F)F)c3[C@H]3C=CC[C@H]32)c1. The zero-order valence-electron chi connectivity index (χ0n) is 14.0. The number of allylic oxidation sites excluding steroid dienone is 2. The number of methoxy groups -OCH3 is 1. The summed E-state index contributed by atoms with van der Waals surface area (Å²) in [6.45, 7) is 0. The number of benzene rings is 2. The Morgan fingerprint density at radius 3 is 2.73 bits per heavy atom. The van der Waals surface area contributed by atoms with Crippen molar-refractivity contribution in [2.75, 3.05) is 12.4 Å². The molecule has 1 aliphatic carbocycles. The number of anilines is 1. The third-order valence-corrected chi connectivity index (χ3v) is 5.54. The lowest BCUT2D eigenvalue weighted by Crippen LogP contribution is -2.31. The topological polar surface area (TPSA) is 21.3 Å². The molecule has 2 aliphatic rings. The van der Waals surface area contributed by atoms with Gasteiger partial charge in [0.15, 0.2) is 0 Å². The molecule has 136 valence electrons. The summed E-state index contributed by atoms with van der Waals surface area (Å²) in [5, 5.41) is 3.59. The van der Waals surface area contributed by atoms with E-state index in [4.69, 9.17) is 16.3 Å². The molecule has 1 heterocycles. The fourth-order valence-electron chi connectivity index (χ4n) is 4.09. The fourth-order valence-corrected chi connectivity index (χ4v) is 4.31. The lowest BCUT2D eigenvalue weighted by Gasteiger charge is -2.39. The minimum absolute atomic E-state index is 0.00540. The van der Waals surface area contributed by atoms with Gasteiger partial charge in [-0.3, -0.25) is 0 Å². The summed E-state index contributed by atoms with van der Waals surface area (Å²) in [5.74, 6) is 0.389. The molecule has 2 aromatic rings. The molecule has 1 N–H and O–H groups in total. The highest BCUT2D eigenvalue weighted by Crippen LogP contribution is 2.54. The van der Waals surface area contributed by atoms with Gasteiger partial charge in [-0.05, 0) is 47.7 Å². The Labute approximate surface area is 154 Å². The van der Waals surface area contributed by atoms with Gasteiger partial charge in [0.25, 0.3) is 0 Å². The summed E-state index contributed by atoms with van der Waals surface area (Å²) in [6.07, 6.45) is 0.131. The summed E-state index contributed by atoms with van der Waals surface area (Å²) < 4.78 is 46.0. The molecular weight excluding hydrogens is 363 g/mol. The van der Waals surface area contributed by atoms with Crippen LogP contribution in [0.15, 0.2) is 48.6 Å². The standard InChI is InChI=1S/C20H17ClF3NO/c1-26-12-5-2-4-11(10-12)18-14-7-3-6-13(14)17-15(20(22,23)24)8-9-16(21)19(17)25-18/h2-6,8-10,13-14,18,25H,7H2,1H3/t13-,14+,18-/m0/s1. The van der Waals surface area contributed by atoms with Crippen molar-refractivity contribution < 1.29 is 17.9 Å². The van der Waals surface area contributed by atoms with Crippen molar-refractivity contribution in [3.8, 4) is 5.75 Å². The summed E-state index contributed by atoms with van der Waals surface area (Å²) in [5.41, 5.74) is 0.988. The van der Waals surface area contributed by atoms with E-state index >= 15 is 0 Å². The average Bonchev–Trinajstić information content (AvgIpc) is 3.10. The first-order valence-corrected chi connectivity index (χ1v) is 8.74. The summed E-state index contributed by atoms with van der Waals surface area (Å²) >= 11 is 6.29. The molecule has 0 aromatic heterocycles. The molecule has 0 saturated carbocycles. The first-order valence-electron chi connectivity index (χ1n) is 8.37. The van der Waals surface area contributed by atoms with E-state index in [2.05, 4.69) is 5.32 Å². The van der Waals surface area contributed by atoms with Crippen LogP contribution < -0.4 is 10.1 Å².